The fourth-order valence-corrected chi connectivity index (χ4v) is 2.99. The Morgan fingerprint density at radius 1 is 0.964 bits per heavy atom. The number of rotatable bonds is 4. The third-order valence-corrected chi connectivity index (χ3v) is 5.24. The van der Waals surface area contributed by atoms with Crippen molar-refractivity contribution in [2.45, 2.75) is 40.7 Å². The molecule has 2 aromatic carbocycles. The molecule has 28 heavy (non-hydrogen) atoms. The Balaban J connectivity index is 1.91. The highest BCUT2D eigenvalue weighted by molar-refractivity contribution is 5.94. The zero-order valence-corrected chi connectivity index (χ0v) is 16.9. The zero-order valence-electron chi connectivity index (χ0n) is 16.9. The lowest BCUT2D eigenvalue weighted by atomic mass is 10.0. The maximum Gasteiger partial charge on any atom is 0.267 e. The van der Waals surface area contributed by atoms with Crippen molar-refractivity contribution in [3.63, 3.8) is 0 Å². The molecule has 0 unspecified atom stereocenters. The van der Waals surface area contributed by atoms with E-state index in [9.17, 15) is 9.59 Å². The molecule has 0 saturated heterocycles. The largest absolute Gasteiger partial charge is 0.324 e. The summed E-state index contributed by atoms with van der Waals surface area (Å²) in [7, 11) is 0. The number of hydrogen-bond donors (Lipinski definition) is 1. The third-order valence-electron chi connectivity index (χ3n) is 5.24. The van der Waals surface area contributed by atoms with Crippen LogP contribution in [0.15, 0.2) is 53.3 Å². The van der Waals surface area contributed by atoms with Crippen molar-refractivity contribution in [1.82, 2.24) is 9.78 Å². The highest BCUT2D eigenvalue weighted by Gasteiger charge is 2.19. The van der Waals surface area contributed by atoms with Crippen LogP contribution in [0.2, 0.25) is 0 Å². The second-order valence-corrected chi connectivity index (χ2v) is 7.21. The number of carbonyl (C=O) groups is 1. The number of amides is 1. The van der Waals surface area contributed by atoms with Crippen molar-refractivity contribution in [3.05, 3.63) is 81.1 Å². The number of nitrogens with one attached hydrogen (secondary N) is 1. The second kappa shape index (κ2) is 7.80. The fourth-order valence-electron chi connectivity index (χ4n) is 2.99. The summed E-state index contributed by atoms with van der Waals surface area (Å²) < 4.78 is 1.24. The quantitative estimate of drug-likeness (QED) is 0.738. The molecule has 1 N–H and O–H groups in total. The van der Waals surface area contributed by atoms with Crippen molar-refractivity contribution < 1.29 is 4.79 Å². The van der Waals surface area contributed by atoms with Gasteiger partial charge in [0.25, 0.3) is 5.56 Å². The number of aryl methyl sites for hydroxylation is 3. The van der Waals surface area contributed by atoms with Crippen LogP contribution < -0.4 is 10.9 Å². The second-order valence-electron chi connectivity index (χ2n) is 7.21. The van der Waals surface area contributed by atoms with E-state index in [1.165, 1.54) is 16.3 Å². The van der Waals surface area contributed by atoms with Gasteiger partial charge in [0.2, 0.25) is 5.91 Å². The Morgan fingerprint density at radius 2 is 1.71 bits per heavy atom. The molecule has 0 aliphatic heterocycles. The van der Waals surface area contributed by atoms with Gasteiger partial charge in [-0.1, -0.05) is 24.3 Å². The standard InChI is InChI=1S/C23H25N3O2/c1-14-9-10-19(13-16(14)3)21-11-12-22(27)26(25-21)18(5)23(28)24-20-8-6-7-15(2)17(20)4/h6-13,18H,1-5H3,(H,24,28)/t18-/m0/s1. The minimum Gasteiger partial charge on any atom is -0.324 e. The summed E-state index contributed by atoms with van der Waals surface area (Å²) >= 11 is 0. The molecule has 0 fully saturated rings. The van der Waals surface area contributed by atoms with E-state index in [0.717, 1.165) is 27.9 Å². The van der Waals surface area contributed by atoms with Gasteiger partial charge in [-0.25, -0.2) is 4.68 Å². The van der Waals surface area contributed by atoms with Gasteiger partial charge in [0.05, 0.1) is 5.69 Å². The summed E-state index contributed by atoms with van der Waals surface area (Å²) in [5.41, 5.74) is 6.46. The van der Waals surface area contributed by atoms with Crippen LogP contribution >= 0.6 is 0 Å². The summed E-state index contributed by atoms with van der Waals surface area (Å²) in [6.07, 6.45) is 0. The molecule has 1 amide bonds. The molecule has 1 atom stereocenters. The fraction of sp³-hybridized carbons (Fsp3) is 0.261. The van der Waals surface area contributed by atoms with Crippen LogP contribution in [0.25, 0.3) is 11.3 Å². The van der Waals surface area contributed by atoms with Crippen LogP contribution in [-0.2, 0) is 4.79 Å². The maximum atomic E-state index is 12.8. The van der Waals surface area contributed by atoms with Gasteiger partial charge in [-0.3, -0.25) is 9.59 Å². The Morgan fingerprint density at radius 3 is 2.43 bits per heavy atom. The van der Waals surface area contributed by atoms with Crippen LogP contribution in [0.3, 0.4) is 0 Å². The molecule has 0 aliphatic rings. The number of nitrogens with zero attached hydrogens (tertiary/aromatic N) is 2. The van der Waals surface area contributed by atoms with E-state index in [1.54, 1.807) is 13.0 Å². The van der Waals surface area contributed by atoms with Crippen LogP contribution in [0.5, 0.6) is 0 Å². The Labute approximate surface area is 165 Å². The topological polar surface area (TPSA) is 64.0 Å². The van der Waals surface area contributed by atoms with E-state index in [-0.39, 0.29) is 11.5 Å². The molecule has 3 aromatic rings. The summed E-state index contributed by atoms with van der Waals surface area (Å²) in [6, 6.07) is 14.2. The van der Waals surface area contributed by atoms with Gasteiger partial charge in [0.15, 0.2) is 0 Å². The minimum atomic E-state index is -0.737. The molecule has 3 rings (SSSR count). The molecule has 144 valence electrons. The highest BCUT2D eigenvalue weighted by atomic mass is 16.2. The third kappa shape index (κ3) is 3.88. The molecule has 5 heteroatoms. The van der Waals surface area contributed by atoms with E-state index in [1.807, 2.05) is 64.1 Å². The Bertz CT molecular complexity index is 1100. The number of anilines is 1. The molecule has 0 radical (unpaired) electrons. The Hall–Kier alpha value is -3.21. The van der Waals surface area contributed by atoms with Gasteiger partial charge >= 0.3 is 0 Å². The first kappa shape index (κ1) is 19.5. The van der Waals surface area contributed by atoms with Gasteiger partial charge in [0, 0.05) is 17.3 Å². The van der Waals surface area contributed by atoms with E-state index in [0.29, 0.717) is 5.69 Å². The molecular formula is C23H25N3O2. The first-order valence-electron chi connectivity index (χ1n) is 9.32. The summed E-state index contributed by atoms with van der Waals surface area (Å²) in [4.78, 5) is 25.1. The first-order chi connectivity index (χ1) is 13.3. The lowest BCUT2D eigenvalue weighted by molar-refractivity contribution is -0.119. The number of benzene rings is 2. The summed E-state index contributed by atoms with van der Waals surface area (Å²) in [5, 5.41) is 7.37. The SMILES string of the molecule is Cc1ccc(-c2ccc(=O)n([C@@H](C)C(=O)Nc3cccc(C)c3C)n2)cc1C. The predicted octanol–water partition coefficient (Wildman–Crippen LogP) is 4.34. The van der Waals surface area contributed by atoms with Crippen molar-refractivity contribution in [3.8, 4) is 11.3 Å². The normalized spacial score (nSPS) is 11.9. The monoisotopic (exact) mass is 375 g/mol. The molecule has 1 heterocycles. The van der Waals surface area contributed by atoms with Gasteiger partial charge in [-0.15, -0.1) is 0 Å². The molecule has 0 spiro atoms. The molecule has 0 saturated carbocycles. The summed E-state index contributed by atoms with van der Waals surface area (Å²) in [6.45, 7) is 9.72. The molecule has 0 bridgehead atoms. The van der Waals surface area contributed by atoms with Gasteiger partial charge in [0.1, 0.15) is 6.04 Å². The van der Waals surface area contributed by atoms with Crippen LogP contribution in [0, 0.1) is 27.7 Å². The van der Waals surface area contributed by atoms with Crippen molar-refractivity contribution >= 4 is 11.6 Å². The number of carbonyl (C=O) groups excluding carboxylic acids is 1. The van der Waals surface area contributed by atoms with Crippen LogP contribution in [0.1, 0.15) is 35.2 Å². The van der Waals surface area contributed by atoms with Gasteiger partial charge in [-0.2, -0.15) is 5.10 Å². The predicted molar refractivity (Wildman–Crippen MR) is 113 cm³/mol. The minimum absolute atomic E-state index is 0.277. The van der Waals surface area contributed by atoms with Crippen LogP contribution in [0.4, 0.5) is 5.69 Å². The summed E-state index contributed by atoms with van der Waals surface area (Å²) in [5.74, 6) is -0.277. The average molecular weight is 375 g/mol. The van der Waals surface area contributed by atoms with Gasteiger partial charge < -0.3 is 5.32 Å². The van der Waals surface area contributed by atoms with E-state index >= 15 is 0 Å². The van der Waals surface area contributed by atoms with Crippen molar-refractivity contribution in [1.29, 1.82) is 0 Å². The lowest BCUT2D eigenvalue weighted by Gasteiger charge is -2.17. The molecule has 1 aromatic heterocycles. The zero-order chi connectivity index (χ0) is 20.4. The molecule has 0 aliphatic carbocycles. The molecule has 5 nitrogen and oxygen atoms in total. The van der Waals surface area contributed by atoms with E-state index in [4.69, 9.17) is 0 Å². The van der Waals surface area contributed by atoms with Crippen molar-refractivity contribution in [2.24, 2.45) is 0 Å². The smallest absolute Gasteiger partial charge is 0.267 e. The van der Waals surface area contributed by atoms with E-state index < -0.39 is 6.04 Å². The first-order valence-corrected chi connectivity index (χ1v) is 9.32. The highest BCUT2D eigenvalue weighted by Crippen LogP contribution is 2.21. The molecular weight excluding hydrogens is 350 g/mol. The van der Waals surface area contributed by atoms with Gasteiger partial charge in [-0.05, 0) is 75.1 Å². The Kier molecular flexibility index (Phi) is 5.45. The van der Waals surface area contributed by atoms with Crippen molar-refractivity contribution in [2.75, 3.05) is 5.32 Å². The number of hydrogen-bond acceptors (Lipinski definition) is 3. The lowest BCUT2D eigenvalue weighted by Crippen LogP contribution is -2.33. The van der Waals surface area contributed by atoms with Crippen LogP contribution in [-0.4, -0.2) is 15.7 Å². The average Bonchev–Trinajstić information content (AvgIpc) is 2.67. The number of aromatic nitrogens is 2. The van der Waals surface area contributed by atoms with E-state index in [2.05, 4.69) is 10.4 Å². The maximum absolute atomic E-state index is 12.8.